The van der Waals surface area contributed by atoms with Gasteiger partial charge in [-0.1, -0.05) is 23.8 Å². The summed E-state index contributed by atoms with van der Waals surface area (Å²) < 4.78 is 2.22. The van der Waals surface area contributed by atoms with Crippen LogP contribution in [0.15, 0.2) is 55.0 Å². The number of pyridine rings is 1. The van der Waals surface area contributed by atoms with Gasteiger partial charge in [-0.3, -0.25) is 0 Å². The van der Waals surface area contributed by atoms with E-state index in [2.05, 4.69) is 84.9 Å². The summed E-state index contributed by atoms with van der Waals surface area (Å²) in [7, 11) is 2.12. The predicted molar refractivity (Wildman–Crippen MR) is 111 cm³/mol. The molecular formula is C24H24N3+. The molecule has 3 nitrogen and oxygen atoms in total. The Labute approximate surface area is 160 Å². The Morgan fingerprint density at radius 2 is 1.56 bits per heavy atom. The van der Waals surface area contributed by atoms with E-state index >= 15 is 0 Å². The van der Waals surface area contributed by atoms with E-state index in [0.717, 1.165) is 17.0 Å². The molecule has 0 aliphatic heterocycles. The van der Waals surface area contributed by atoms with E-state index in [4.69, 9.17) is 0 Å². The summed E-state index contributed by atoms with van der Waals surface area (Å²) in [5, 5.41) is 2.46. The van der Waals surface area contributed by atoms with Gasteiger partial charge in [0.15, 0.2) is 6.20 Å². The van der Waals surface area contributed by atoms with Crippen molar-refractivity contribution in [2.75, 3.05) is 0 Å². The van der Waals surface area contributed by atoms with Crippen LogP contribution in [0.25, 0.3) is 33.2 Å². The second-order valence-electron chi connectivity index (χ2n) is 7.32. The first kappa shape index (κ1) is 17.3. The minimum absolute atomic E-state index is 0.789. The van der Waals surface area contributed by atoms with Crippen molar-refractivity contribution in [2.24, 2.45) is 7.05 Å². The fraction of sp³-hybridized carbons (Fsp3) is 0.208. The zero-order valence-electron chi connectivity index (χ0n) is 16.5. The van der Waals surface area contributed by atoms with Gasteiger partial charge in [-0.05, 0) is 56.5 Å². The van der Waals surface area contributed by atoms with Crippen molar-refractivity contribution in [3.8, 4) is 22.4 Å². The smallest absolute Gasteiger partial charge is 0.220 e. The lowest BCUT2D eigenvalue weighted by Crippen LogP contribution is -2.31. The third-order valence-electron chi connectivity index (χ3n) is 5.34. The maximum absolute atomic E-state index is 4.38. The third-order valence-corrected chi connectivity index (χ3v) is 5.34. The third kappa shape index (κ3) is 2.99. The SMILES string of the molecule is Cc1cc(C)c(C)c(-c2c3cccc(-c4cnc(C)nc4)c3cc[n+]2C)c1. The van der Waals surface area contributed by atoms with E-state index in [1.807, 2.05) is 19.3 Å². The predicted octanol–water partition coefficient (Wildman–Crippen LogP) is 5.02. The summed E-state index contributed by atoms with van der Waals surface area (Å²) in [6.07, 6.45) is 5.96. The first-order valence-electron chi connectivity index (χ1n) is 9.24. The molecule has 3 heteroatoms. The Kier molecular flexibility index (Phi) is 4.23. The number of rotatable bonds is 2. The molecule has 27 heavy (non-hydrogen) atoms. The molecule has 0 saturated carbocycles. The second-order valence-corrected chi connectivity index (χ2v) is 7.32. The Bertz CT molecular complexity index is 1160. The number of aryl methyl sites for hydroxylation is 4. The number of fused-ring (bicyclic) bond motifs is 1. The zero-order valence-corrected chi connectivity index (χ0v) is 16.5. The number of aromatic nitrogens is 3. The zero-order chi connectivity index (χ0) is 19.1. The highest BCUT2D eigenvalue weighted by Crippen LogP contribution is 2.34. The van der Waals surface area contributed by atoms with Gasteiger partial charge in [0.2, 0.25) is 5.69 Å². The number of hydrogen-bond acceptors (Lipinski definition) is 2. The van der Waals surface area contributed by atoms with Gasteiger partial charge in [0.25, 0.3) is 0 Å². The van der Waals surface area contributed by atoms with Crippen LogP contribution in [0.1, 0.15) is 22.5 Å². The van der Waals surface area contributed by atoms with Gasteiger partial charge >= 0.3 is 0 Å². The molecular weight excluding hydrogens is 330 g/mol. The van der Waals surface area contributed by atoms with Crippen molar-refractivity contribution >= 4 is 10.8 Å². The monoisotopic (exact) mass is 354 g/mol. The summed E-state index contributed by atoms with van der Waals surface area (Å²) in [5.74, 6) is 0.789. The molecule has 2 aromatic heterocycles. The maximum atomic E-state index is 4.38. The van der Waals surface area contributed by atoms with Crippen molar-refractivity contribution in [2.45, 2.75) is 27.7 Å². The minimum atomic E-state index is 0.789. The van der Waals surface area contributed by atoms with Crippen LogP contribution in [0.3, 0.4) is 0 Å². The molecule has 0 amide bonds. The second kappa shape index (κ2) is 6.58. The molecule has 0 spiro atoms. The van der Waals surface area contributed by atoms with Gasteiger partial charge in [-0.2, -0.15) is 0 Å². The van der Waals surface area contributed by atoms with Gasteiger partial charge in [-0.25, -0.2) is 14.5 Å². The van der Waals surface area contributed by atoms with E-state index in [-0.39, 0.29) is 0 Å². The summed E-state index contributed by atoms with van der Waals surface area (Å²) >= 11 is 0. The van der Waals surface area contributed by atoms with Gasteiger partial charge < -0.3 is 0 Å². The molecule has 0 atom stereocenters. The van der Waals surface area contributed by atoms with Crippen molar-refractivity contribution in [3.05, 3.63) is 77.5 Å². The summed E-state index contributed by atoms with van der Waals surface area (Å²) in [6, 6.07) is 13.2. The van der Waals surface area contributed by atoms with Crippen molar-refractivity contribution in [1.82, 2.24) is 9.97 Å². The highest BCUT2D eigenvalue weighted by molar-refractivity contribution is 6.02. The highest BCUT2D eigenvalue weighted by Gasteiger charge is 2.20. The molecule has 0 aliphatic rings. The number of nitrogens with zero attached hydrogens (tertiary/aromatic N) is 3. The highest BCUT2D eigenvalue weighted by atomic mass is 14.9. The summed E-state index contributed by atoms with van der Waals surface area (Å²) in [5.41, 5.74) is 8.68. The molecule has 134 valence electrons. The van der Waals surface area contributed by atoms with Gasteiger partial charge in [-0.15, -0.1) is 0 Å². The van der Waals surface area contributed by atoms with Crippen LogP contribution in [-0.2, 0) is 7.05 Å². The van der Waals surface area contributed by atoms with Crippen LogP contribution < -0.4 is 4.57 Å². The van der Waals surface area contributed by atoms with Crippen LogP contribution in [0.4, 0.5) is 0 Å². The molecule has 0 unspecified atom stereocenters. The molecule has 0 fully saturated rings. The lowest BCUT2D eigenvalue weighted by atomic mass is 9.92. The van der Waals surface area contributed by atoms with Crippen LogP contribution in [0.2, 0.25) is 0 Å². The molecule has 4 rings (SSSR count). The molecule has 4 aromatic rings. The Hall–Kier alpha value is -3.07. The maximum Gasteiger partial charge on any atom is 0.220 e. The molecule has 0 bridgehead atoms. The Balaban J connectivity index is 2.05. The van der Waals surface area contributed by atoms with E-state index in [9.17, 15) is 0 Å². The van der Waals surface area contributed by atoms with Crippen LogP contribution in [-0.4, -0.2) is 9.97 Å². The molecule has 0 saturated heterocycles. The molecule has 0 aliphatic carbocycles. The number of benzene rings is 2. The summed E-state index contributed by atoms with van der Waals surface area (Å²) in [6.45, 7) is 8.47. The van der Waals surface area contributed by atoms with Gasteiger partial charge in [0.05, 0.1) is 10.9 Å². The molecule has 0 N–H and O–H groups in total. The first-order chi connectivity index (χ1) is 13.0. The standard InChI is InChI=1S/C24H24N3/c1-15-11-16(2)17(3)23(12-15)24-22-8-6-7-20(21(22)9-10-27(24)5)19-13-25-18(4)26-14-19/h6-14H,1-5H3/q+1. The van der Waals surface area contributed by atoms with E-state index < -0.39 is 0 Å². The fourth-order valence-corrected chi connectivity index (χ4v) is 3.81. The summed E-state index contributed by atoms with van der Waals surface area (Å²) in [4.78, 5) is 8.76. The lowest BCUT2D eigenvalue weighted by Gasteiger charge is -2.13. The van der Waals surface area contributed by atoms with Crippen LogP contribution >= 0.6 is 0 Å². The van der Waals surface area contributed by atoms with E-state index in [1.165, 1.54) is 38.7 Å². The average Bonchev–Trinajstić information content (AvgIpc) is 2.65. The topological polar surface area (TPSA) is 29.7 Å². The first-order valence-corrected chi connectivity index (χ1v) is 9.24. The molecule has 0 radical (unpaired) electrons. The van der Waals surface area contributed by atoms with Crippen molar-refractivity contribution < 1.29 is 4.57 Å². The normalized spacial score (nSPS) is 11.1. The van der Waals surface area contributed by atoms with Crippen LogP contribution in [0, 0.1) is 27.7 Å². The number of hydrogen-bond donors (Lipinski definition) is 0. The Morgan fingerprint density at radius 1 is 0.815 bits per heavy atom. The quantitative estimate of drug-likeness (QED) is 0.473. The van der Waals surface area contributed by atoms with Crippen molar-refractivity contribution in [3.63, 3.8) is 0 Å². The van der Waals surface area contributed by atoms with Crippen molar-refractivity contribution in [1.29, 1.82) is 0 Å². The minimum Gasteiger partial charge on any atom is -0.241 e. The van der Waals surface area contributed by atoms with Gasteiger partial charge in [0, 0.05) is 29.4 Å². The largest absolute Gasteiger partial charge is 0.241 e. The molecule has 2 heterocycles. The lowest BCUT2D eigenvalue weighted by molar-refractivity contribution is -0.659. The van der Waals surface area contributed by atoms with Gasteiger partial charge in [0.1, 0.15) is 12.9 Å². The molecule has 2 aromatic carbocycles. The Morgan fingerprint density at radius 3 is 2.30 bits per heavy atom. The van der Waals surface area contributed by atoms with Crippen LogP contribution in [0.5, 0.6) is 0 Å². The average molecular weight is 354 g/mol. The van der Waals surface area contributed by atoms with E-state index in [1.54, 1.807) is 0 Å². The fourth-order valence-electron chi connectivity index (χ4n) is 3.81. The van der Waals surface area contributed by atoms with E-state index in [0.29, 0.717) is 0 Å².